The Morgan fingerprint density at radius 1 is 1.15 bits per heavy atom. The summed E-state index contributed by atoms with van der Waals surface area (Å²) in [7, 11) is 0. The van der Waals surface area contributed by atoms with Gasteiger partial charge < -0.3 is 10.2 Å². The summed E-state index contributed by atoms with van der Waals surface area (Å²) in [4.78, 5) is 2.75. The van der Waals surface area contributed by atoms with Crippen molar-refractivity contribution < 1.29 is 0 Å². The summed E-state index contributed by atoms with van der Waals surface area (Å²) >= 11 is 0. The van der Waals surface area contributed by atoms with E-state index >= 15 is 0 Å². The minimum atomic E-state index is 0.536. The highest BCUT2D eigenvalue weighted by Gasteiger charge is 2.38. The van der Waals surface area contributed by atoms with Crippen LogP contribution >= 0.6 is 0 Å². The Morgan fingerprint density at radius 2 is 1.80 bits per heavy atom. The van der Waals surface area contributed by atoms with E-state index in [-0.39, 0.29) is 0 Å². The number of hydrogen-bond donors (Lipinski definition) is 1. The number of rotatable bonds is 5. The van der Waals surface area contributed by atoms with Gasteiger partial charge in [-0.2, -0.15) is 0 Å². The Hall–Kier alpha value is -0.0800. The number of nitrogens with one attached hydrogen (secondary N) is 1. The van der Waals surface area contributed by atoms with E-state index in [4.69, 9.17) is 0 Å². The maximum Gasteiger partial charge on any atom is 0.00504 e. The molecule has 2 nitrogen and oxygen atoms in total. The van der Waals surface area contributed by atoms with Crippen molar-refractivity contribution in [3.63, 3.8) is 0 Å². The molecular weight excluding hydrogens is 244 g/mol. The quantitative estimate of drug-likeness (QED) is 0.821. The van der Waals surface area contributed by atoms with Gasteiger partial charge in [0.1, 0.15) is 0 Å². The van der Waals surface area contributed by atoms with Crippen LogP contribution in [0.2, 0.25) is 0 Å². The van der Waals surface area contributed by atoms with Crippen molar-refractivity contribution in [2.45, 2.75) is 72.8 Å². The van der Waals surface area contributed by atoms with Gasteiger partial charge >= 0.3 is 0 Å². The summed E-state index contributed by atoms with van der Waals surface area (Å²) in [6, 6.07) is 0.612. The lowest BCUT2D eigenvalue weighted by Gasteiger charge is -2.43. The highest BCUT2D eigenvalue weighted by atomic mass is 15.2. The average molecular weight is 280 g/mol. The van der Waals surface area contributed by atoms with Crippen LogP contribution in [0.3, 0.4) is 0 Å². The summed E-state index contributed by atoms with van der Waals surface area (Å²) in [5.74, 6) is 0.942. The SMILES string of the molecule is CC1CCC(CNC(C)C)(CN2CCC(C)(C)C2)CC1. The highest BCUT2D eigenvalue weighted by Crippen LogP contribution is 2.41. The molecular formula is C18H36N2. The third-order valence-corrected chi connectivity index (χ3v) is 5.54. The lowest BCUT2D eigenvalue weighted by molar-refractivity contribution is 0.0914. The molecule has 0 aromatic heterocycles. The van der Waals surface area contributed by atoms with Gasteiger partial charge in [-0.15, -0.1) is 0 Å². The van der Waals surface area contributed by atoms with E-state index < -0.39 is 0 Å². The number of hydrogen-bond acceptors (Lipinski definition) is 2. The Balaban J connectivity index is 1.96. The summed E-state index contributed by atoms with van der Waals surface area (Å²) < 4.78 is 0. The zero-order chi connectivity index (χ0) is 14.8. The fourth-order valence-electron chi connectivity index (χ4n) is 4.02. The Labute approximate surface area is 126 Å². The van der Waals surface area contributed by atoms with Crippen molar-refractivity contribution in [2.75, 3.05) is 26.2 Å². The van der Waals surface area contributed by atoms with Gasteiger partial charge in [-0.1, -0.05) is 47.5 Å². The van der Waals surface area contributed by atoms with Crippen molar-refractivity contribution in [3.8, 4) is 0 Å². The lowest BCUT2D eigenvalue weighted by Crippen LogP contribution is -2.47. The molecule has 2 aliphatic rings. The fraction of sp³-hybridized carbons (Fsp3) is 1.00. The smallest absolute Gasteiger partial charge is 0.00504 e. The molecule has 2 heteroatoms. The van der Waals surface area contributed by atoms with Gasteiger partial charge in [-0.3, -0.25) is 0 Å². The van der Waals surface area contributed by atoms with Gasteiger partial charge in [0.25, 0.3) is 0 Å². The summed E-state index contributed by atoms with van der Waals surface area (Å²) in [6.45, 7) is 17.0. The Kier molecular flexibility index (Phi) is 5.18. The van der Waals surface area contributed by atoms with Crippen LogP contribution in [0, 0.1) is 16.7 Å². The molecule has 0 amide bonds. The normalized spacial score (nSPS) is 34.8. The molecule has 0 unspecified atom stereocenters. The maximum absolute atomic E-state index is 3.74. The first-order chi connectivity index (χ1) is 9.30. The molecule has 0 atom stereocenters. The molecule has 20 heavy (non-hydrogen) atoms. The lowest BCUT2D eigenvalue weighted by atomic mass is 9.70. The van der Waals surface area contributed by atoms with Crippen LogP contribution in [0.4, 0.5) is 0 Å². The van der Waals surface area contributed by atoms with E-state index in [0.717, 1.165) is 5.92 Å². The van der Waals surface area contributed by atoms with Crippen LogP contribution in [-0.4, -0.2) is 37.1 Å². The molecule has 2 rings (SSSR count). The van der Waals surface area contributed by atoms with Gasteiger partial charge in [0.15, 0.2) is 0 Å². The predicted octanol–water partition coefficient (Wildman–Crippen LogP) is 3.91. The van der Waals surface area contributed by atoms with Crippen LogP contribution in [0.15, 0.2) is 0 Å². The van der Waals surface area contributed by atoms with E-state index in [9.17, 15) is 0 Å². The van der Waals surface area contributed by atoms with Gasteiger partial charge in [0.2, 0.25) is 0 Å². The molecule has 0 bridgehead atoms. The second-order valence-electron chi connectivity index (χ2n) is 8.84. The van der Waals surface area contributed by atoms with E-state index in [1.165, 1.54) is 58.3 Å². The third-order valence-electron chi connectivity index (χ3n) is 5.54. The van der Waals surface area contributed by atoms with Crippen LogP contribution in [0.25, 0.3) is 0 Å². The molecule has 1 aliphatic carbocycles. The second kappa shape index (κ2) is 6.36. The molecule has 1 saturated carbocycles. The van der Waals surface area contributed by atoms with E-state index in [0.29, 0.717) is 16.9 Å². The van der Waals surface area contributed by atoms with Gasteiger partial charge in [0.05, 0.1) is 0 Å². The molecule has 1 saturated heterocycles. The van der Waals surface area contributed by atoms with E-state index in [1.807, 2.05) is 0 Å². The zero-order valence-electron chi connectivity index (χ0n) is 14.5. The second-order valence-corrected chi connectivity index (χ2v) is 8.84. The number of likely N-dealkylation sites (tertiary alicyclic amines) is 1. The maximum atomic E-state index is 3.74. The Bertz CT molecular complexity index is 301. The monoisotopic (exact) mass is 280 g/mol. The zero-order valence-corrected chi connectivity index (χ0v) is 14.5. The Morgan fingerprint density at radius 3 is 2.30 bits per heavy atom. The van der Waals surface area contributed by atoms with Crippen LogP contribution in [0.1, 0.15) is 66.7 Å². The summed E-state index contributed by atoms with van der Waals surface area (Å²) in [6.07, 6.45) is 7.07. The van der Waals surface area contributed by atoms with Gasteiger partial charge in [0, 0.05) is 25.7 Å². The topological polar surface area (TPSA) is 15.3 Å². The van der Waals surface area contributed by atoms with Crippen LogP contribution < -0.4 is 5.32 Å². The van der Waals surface area contributed by atoms with Crippen molar-refractivity contribution in [1.29, 1.82) is 0 Å². The van der Waals surface area contributed by atoms with Crippen molar-refractivity contribution in [3.05, 3.63) is 0 Å². The molecule has 0 radical (unpaired) electrons. The summed E-state index contributed by atoms with van der Waals surface area (Å²) in [5, 5.41) is 3.74. The molecule has 1 aliphatic heterocycles. The van der Waals surface area contributed by atoms with Gasteiger partial charge in [-0.05, 0) is 42.6 Å². The molecule has 0 aromatic carbocycles. The first-order valence-electron chi connectivity index (χ1n) is 8.76. The fourth-order valence-corrected chi connectivity index (χ4v) is 4.02. The molecule has 118 valence electrons. The van der Waals surface area contributed by atoms with Crippen molar-refractivity contribution in [2.24, 2.45) is 16.7 Å². The third kappa shape index (κ3) is 4.46. The first kappa shape index (κ1) is 16.3. The first-order valence-corrected chi connectivity index (χ1v) is 8.76. The minimum Gasteiger partial charge on any atom is -0.314 e. The minimum absolute atomic E-state index is 0.536. The van der Waals surface area contributed by atoms with E-state index in [2.05, 4.69) is 44.8 Å². The number of nitrogens with zero attached hydrogens (tertiary/aromatic N) is 1. The van der Waals surface area contributed by atoms with Crippen LogP contribution in [-0.2, 0) is 0 Å². The highest BCUT2D eigenvalue weighted by molar-refractivity contribution is 4.93. The molecule has 1 N–H and O–H groups in total. The molecule has 2 fully saturated rings. The van der Waals surface area contributed by atoms with Crippen LogP contribution in [0.5, 0.6) is 0 Å². The molecule has 0 aromatic rings. The van der Waals surface area contributed by atoms with Crippen molar-refractivity contribution in [1.82, 2.24) is 10.2 Å². The van der Waals surface area contributed by atoms with Gasteiger partial charge in [-0.25, -0.2) is 0 Å². The average Bonchev–Trinajstić information content (AvgIpc) is 2.70. The largest absolute Gasteiger partial charge is 0.314 e. The van der Waals surface area contributed by atoms with E-state index in [1.54, 1.807) is 0 Å². The summed E-state index contributed by atoms with van der Waals surface area (Å²) in [5.41, 5.74) is 1.08. The standard InChI is InChI=1S/C18H36N2/c1-15(2)19-12-18(8-6-16(3)7-9-18)14-20-11-10-17(4,5)13-20/h15-16,19H,6-14H2,1-5H3. The predicted molar refractivity (Wildman–Crippen MR) is 88.0 cm³/mol. The molecule has 0 spiro atoms. The molecule has 1 heterocycles. The van der Waals surface area contributed by atoms with Crippen molar-refractivity contribution >= 4 is 0 Å².